The van der Waals surface area contributed by atoms with Gasteiger partial charge in [-0.3, -0.25) is 9.78 Å². The van der Waals surface area contributed by atoms with E-state index in [0.29, 0.717) is 5.56 Å². The van der Waals surface area contributed by atoms with Gasteiger partial charge in [-0.1, -0.05) is 54.6 Å². The van der Waals surface area contributed by atoms with Crippen molar-refractivity contribution in [2.45, 2.75) is 30.3 Å². The Labute approximate surface area is 250 Å². The number of hydrogen-bond acceptors (Lipinski definition) is 8. The number of nitrogens with one attached hydrogen (secondary N) is 1. The largest absolute Gasteiger partial charge is 0.497 e. The van der Waals surface area contributed by atoms with E-state index in [0.717, 1.165) is 28.2 Å². The van der Waals surface area contributed by atoms with Gasteiger partial charge in [0.2, 0.25) is 5.95 Å². The Kier molecular flexibility index (Phi) is 9.20. The van der Waals surface area contributed by atoms with E-state index in [9.17, 15) is 9.90 Å². The van der Waals surface area contributed by atoms with Crippen LogP contribution in [0, 0.1) is 0 Å². The molecule has 224 valence electrons. The Morgan fingerprint density at radius 2 is 1.56 bits per heavy atom. The average molecular weight is 585 g/mol. The van der Waals surface area contributed by atoms with Crippen LogP contribution in [0.5, 0.6) is 11.5 Å². The summed E-state index contributed by atoms with van der Waals surface area (Å²) in [6.45, 7) is 0.0428. The second kappa shape index (κ2) is 13.2. The van der Waals surface area contributed by atoms with Gasteiger partial charge in [0.1, 0.15) is 23.2 Å². The molecule has 2 heterocycles. The first-order chi connectivity index (χ1) is 20.8. The van der Waals surface area contributed by atoms with Crippen LogP contribution < -0.4 is 15.0 Å². The third-order valence-corrected chi connectivity index (χ3v) is 7.43. The molecule has 0 saturated carbocycles. The number of hydrogen-bond donors (Lipinski definition) is 2. The molecule has 0 spiro atoms. The van der Waals surface area contributed by atoms with Gasteiger partial charge in [0.05, 0.1) is 44.9 Å². The van der Waals surface area contributed by atoms with E-state index in [4.69, 9.17) is 18.9 Å². The van der Waals surface area contributed by atoms with E-state index >= 15 is 0 Å². The number of H-pyrrole nitrogens is 1. The van der Waals surface area contributed by atoms with Gasteiger partial charge in [-0.05, 0) is 41.0 Å². The molecular formula is C33H36N4O6. The Morgan fingerprint density at radius 3 is 2.09 bits per heavy atom. The highest BCUT2D eigenvalue weighted by Crippen LogP contribution is 2.43. The van der Waals surface area contributed by atoms with E-state index in [2.05, 4.69) is 15.0 Å². The minimum Gasteiger partial charge on any atom is -0.497 e. The summed E-state index contributed by atoms with van der Waals surface area (Å²) < 4.78 is 24.0. The standard InChI is InChI=1S/C33H36N4O6/c1-37(2)21-35-32-34-19-27(31(39)36-32)29-18-28(38)30(43-29)20-42-33(22-8-6-5-7-9-22,23-10-14-25(40-3)15-11-23)24-12-16-26(41-4)17-13-24/h5-17,19,21,28-30,38H,18,20H2,1-4H3,(H,34,36,39)/t28?,29-,30-/m1/s1. The third kappa shape index (κ3) is 6.46. The Bertz CT molecular complexity index is 1520. The summed E-state index contributed by atoms with van der Waals surface area (Å²) in [5, 5.41) is 11.1. The summed E-state index contributed by atoms with van der Waals surface area (Å²) in [6.07, 6.45) is 1.00. The van der Waals surface area contributed by atoms with Crippen LogP contribution in [0.25, 0.3) is 0 Å². The molecule has 2 N–H and O–H groups in total. The molecule has 43 heavy (non-hydrogen) atoms. The minimum atomic E-state index is -1.06. The minimum absolute atomic E-state index is 0.0428. The van der Waals surface area contributed by atoms with Crippen LogP contribution in [0.3, 0.4) is 0 Å². The van der Waals surface area contributed by atoms with Crippen LogP contribution in [0.2, 0.25) is 0 Å². The van der Waals surface area contributed by atoms with E-state index in [1.807, 2.05) is 93.0 Å². The lowest BCUT2D eigenvalue weighted by Gasteiger charge is -2.37. The Balaban J connectivity index is 1.47. The Morgan fingerprint density at radius 1 is 0.977 bits per heavy atom. The first-order valence-corrected chi connectivity index (χ1v) is 14.0. The maximum Gasteiger partial charge on any atom is 0.258 e. The Hall–Kier alpha value is -4.51. The molecule has 0 aliphatic carbocycles. The molecule has 1 aromatic heterocycles. The van der Waals surface area contributed by atoms with E-state index in [1.54, 1.807) is 25.5 Å². The van der Waals surface area contributed by atoms with Crippen LogP contribution >= 0.6 is 0 Å². The quantitative estimate of drug-likeness (QED) is 0.153. The number of rotatable bonds is 11. The highest BCUT2D eigenvalue weighted by Gasteiger charge is 2.42. The number of aliphatic imine (C=N–C) groups is 1. The number of benzene rings is 3. The van der Waals surface area contributed by atoms with Gasteiger partial charge >= 0.3 is 0 Å². The van der Waals surface area contributed by atoms with Crippen LogP contribution in [0.4, 0.5) is 5.95 Å². The van der Waals surface area contributed by atoms with Crippen molar-refractivity contribution in [3.8, 4) is 11.5 Å². The fourth-order valence-corrected chi connectivity index (χ4v) is 5.22. The average Bonchev–Trinajstić information content (AvgIpc) is 3.41. The van der Waals surface area contributed by atoms with Gasteiger partial charge in [-0.15, -0.1) is 0 Å². The first-order valence-electron chi connectivity index (χ1n) is 14.0. The number of methoxy groups -OCH3 is 2. The molecule has 1 saturated heterocycles. The maximum atomic E-state index is 12.9. The van der Waals surface area contributed by atoms with Crippen LogP contribution in [0.15, 0.2) is 94.8 Å². The molecule has 10 nitrogen and oxygen atoms in total. The van der Waals surface area contributed by atoms with Gasteiger partial charge < -0.3 is 29.0 Å². The fraction of sp³-hybridized carbons (Fsp3) is 0.303. The third-order valence-electron chi connectivity index (χ3n) is 7.43. The highest BCUT2D eigenvalue weighted by molar-refractivity contribution is 5.57. The van der Waals surface area contributed by atoms with Crippen molar-refractivity contribution in [1.82, 2.24) is 14.9 Å². The van der Waals surface area contributed by atoms with Crippen LogP contribution in [0.1, 0.15) is 34.8 Å². The second-order valence-electron chi connectivity index (χ2n) is 10.5. The molecule has 1 fully saturated rings. The number of aliphatic hydroxyl groups is 1. The molecule has 5 rings (SSSR count). The monoisotopic (exact) mass is 584 g/mol. The summed E-state index contributed by atoms with van der Waals surface area (Å²) in [6, 6.07) is 25.3. The molecule has 0 amide bonds. The van der Waals surface area contributed by atoms with Gasteiger partial charge in [-0.2, -0.15) is 0 Å². The van der Waals surface area contributed by atoms with Gasteiger partial charge in [0.15, 0.2) is 0 Å². The molecule has 1 aliphatic rings. The lowest BCUT2D eigenvalue weighted by Crippen LogP contribution is -2.38. The van der Waals surface area contributed by atoms with Gasteiger partial charge in [0, 0.05) is 26.7 Å². The lowest BCUT2D eigenvalue weighted by molar-refractivity contribution is -0.0829. The molecule has 0 bridgehead atoms. The number of aliphatic hydroxyl groups excluding tert-OH is 1. The van der Waals surface area contributed by atoms with Crippen molar-refractivity contribution >= 4 is 12.3 Å². The van der Waals surface area contributed by atoms with E-state index < -0.39 is 23.9 Å². The van der Waals surface area contributed by atoms with Gasteiger partial charge in [0.25, 0.3) is 5.56 Å². The smallest absolute Gasteiger partial charge is 0.258 e. The molecule has 3 atom stereocenters. The topological polar surface area (TPSA) is 118 Å². The summed E-state index contributed by atoms with van der Waals surface area (Å²) in [4.78, 5) is 25.7. The number of nitrogens with zero attached hydrogens (tertiary/aromatic N) is 3. The number of aromatic nitrogens is 2. The zero-order valence-electron chi connectivity index (χ0n) is 24.6. The lowest BCUT2D eigenvalue weighted by atomic mass is 9.80. The van der Waals surface area contributed by atoms with Crippen molar-refractivity contribution in [3.05, 3.63) is 118 Å². The van der Waals surface area contributed by atoms with Crippen molar-refractivity contribution < 1.29 is 24.1 Å². The molecule has 1 unspecified atom stereocenters. The summed E-state index contributed by atoms with van der Waals surface area (Å²) in [5.74, 6) is 1.62. The predicted molar refractivity (Wildman–Crippen MR) is 163 cm³/mol. The molecule has 3 aromatic carbocycles. The molecule has 0 radical (unpaired) electrons. The fourth-order valence-electron chi connectivity index (χ4n) is 5.22. The van der Waals surface area contributed by atoms with Crippen molar-refractivity contribution in [3.63, 3.8) is 0 Å². The zero-order chi connectivity index (χ0) is 30.4. The summed E-state index contributed by atoms with van der Waals surface area (Å²) >= 11 is 0. The van der Waals surface area contributed by atoms with Crippen LogP contribution in [-0.4, -0.2) is 73.4 Å². The summed E-state index contributed by atoms with van der Waals surface area (Å²) in [7, 11) is 6.89. The highest BCUT2D eigenvalue weighted by atomic mass is 16.6. The van der Waals surface area contributed by atoms with Crippen molar-refractivity contribution in [2.24, 2.45) is 4.99 Å². The molecule has 1 aliphatic heterocycles. The molecular weight excluding hydrogens is 548 g/mol. The number of ether oxygens (including phenoxy) is 4. The van der Waals surface area contributed by atoms with Crippen LogP contribution in [-0.2, 0) is 15.1 Å². The number of aromatic amines is 1. The van der Waals surface area contributed by atoms with Crippen molar-refractivity contribution in [1.29, 1.82) is 0 Å². The summed E-state index contributed by atoms with van der Waals surface area (Å²) in [5.41, 5.74) is 1.52. The normalized spacial score (nSPS) is 18.6. The predicted octanol–water partition coefficient (Wildman–Crippen LogP) is 4.21. The second-order valence-corrected chi connectivity index (χ2v) is 10.5. The van der Waals surface area contributed by atoms with E-state index in [1.165, 1.54) is 6.20 Å². The SMILES string of the molecule is COc1ccc(C(OC[C@H]2O[C@@H](c3cnc(N=CN(C)C)[nH]c3=O)CC2O)(c2ccccc2)c2ccc(OC)cc2)cc1. The first kappa shape index (κ1) is 30.0. The van der Waals surface area contributed by atoms with Gasteiger partial charge in [-0.25, -0.2) is 9.98 Å². The zero-order valence-corrected chi connectivity index (χ0v) is 24.6. The molecule has 4 aromatic rings. The van der Waals surface area contributed by atoms with Crippen molar-refractivity contribution in [2.75, 3.05) is 34.9 Å². The van der Waals surface area contributed by atoms with E-state index in [-0.39, 0.29) is 24.5 Å². The molecule has 10 heteroatoms. The maximum absolute atomic E-state index is 12.9.